The van der Waals surface area contributed by atoms with Crippen molar-refractivity contribution in [2.24, 2.45) is 0 Å². The summed E-state index contributed by atoms with van der Waals surface area (Å²) in [6.07, 6.45) is -0.183. The van der Waals surface area contributed by atoms with E-state index in [1.54, 1.807) is 17.7 Å². The summed E-state index contributed by atoms with van der Waals surface area (Å²) in [6.45, 7) is 1.96. The second-order valence-electron chi connectivity index (χ2n) is 3.10. The molecule has 0 fully saturated rings. The molecule has 5 nitrogen and oxygen atoms in total. The van der Waals surface area contributed by atoms with E-state index in [0.29, 0.717) is 0 Å². The van der Waals surface area contributed by atoms with E-state index in [2.05, 4.69) is 0 Å². The van der Waals surface area contributed by atoms with Crippen molar-refractivity contribution in [3.05, 3.63) is 16.8 Å². The summed E-state index contributed by atoms with van der Waals surface area (Å²) in [4.78, 5) is 10.6. The first-order valence-electron chi connectivity index (χ1n) is 4.72. The number of hydrogen-bond acceptors (Lipinski definition) is 4. The van der Waals surface area contributed by atoms with E-state index in [9.17, 15) is 13.2 Å². The molecule has 1 rings (SSSR count). The maximum atomic E-state index is 12.0. The highest BCUT2D eigenvalue weighted by molar-refractivity contribution is 7.89. The van der Waals surface area contributed by atoms with Gasteiger partial charge in [0.15, 0.2) is 0 Å². The number of nitrogens with zero attached hydrogens (tertiary/aromatic N) is 1. The summed E-state index contributed by atoms with van der Waals surface area (Å²) < 4.78 is 25.1. The maximum absolute atomic E-state index is 12.0. The lowest BCUT2D eigenvalue weighted by Gasteiger charge is -2.18. The van der Waals surface area contributed by atoms with Gasteiger partial charge < -0.3 is 5.11 Å². The molecule has 16 heavy (non-hydrogen) atoms. The van der Waals surface area contributed by atoms with Gasteiger partial charge in [-0.2, -0.15) is 15.6 Å². The Balaban J connectivity index is 2.84. The van der Waals surface area contributed by atoms with E-state index in [1.165, 1.54) is 21.7 Å². The van der Waals surface area contributed by atoms with Gasteiger partial charge in [-0.15, -0.1) is 0 Å². The molecule has 90 valence electrons. The maximum Gasteiger partial charge on any atom is 0.304 e. The zero-order valence-corrected chi connectivity index (χ0v) is 10.4. The molecule has 0 atom stereocenters. The van der Waals surface area contributed by atoms with Gasteiger partial charge in [0, 0.05) is 18.5 Å². The van der Waals surface area contributed by atoms with Crippen molar-refractivity contribution in [1.29, 1.82) is 0 Å². The number of rotatable bonds is 6. The van der Waals surface area contributed by atoms with Gasteiger partial charge in [0.2, 0.25) is 10.0 Å². The van der Waals surface area contributed by atoms with Crippen molar-refractivity contribution < 1.29 is 18.3 Å². The number of hydrogen-bond donors (Lipinski definition) is 1. The Labute approximate surface area is 98.4 Å². The van der Waals surface area contributed by atoms with E-state index < -0.39 is 16.0 Å². The molecule has 1 N–H and O–H groups in total. The summed E-state index contributed by atoms with van der Waals surface area (Å²) in [5, 5.41) is 11.8. The number of carboxylic acids is 1. The SMILES string of the molecule is CCN(CCC(=O)O)S(=O)(=O)c1ccsc1. The second kappa shape index (κ2) is 5.42. The smallest absolute Gasteiger partial charge is 0.304 e. The number of thiophene rings is 1. The fraction of sp³-hybridized carbons (Fsp3) is 0.444. The minimum absolute atomic E-state index is 0.00398. The molecule has 0 bridgehead atoms. The van der Waals surface area contributed by atoms with Crippen LogP contribution in [-0.2, 0) is 14.8 Å². The summed E-state index contributed by atoms with van der Waals surface area (Å²) in [5.41, 5.74) is 0. The average Bonchev–Trinajstić information content (AvgIpc) is 2.70. The largest absolute Gasteiger partial charge is 0.481 e. The lowest BCUT2D eigenvalue weighted by molar-refractivity contribution is -0.137. The third-order valence-electron chi connectivity index (χ3n) is 2.06. The van der Waals surface area contributed by atoms with Gasteiger partial charge in [-0.25, -0.2) is 8.42 Å². The van der Waals surface area contributed by atoms with E-state index in [-0.39, 0.29) is 24.4 Å². The average molecular weight is 263 g/mol. The van der Waals surface area contributed by atoms with Crippen molar-refractivity contribution in [1.82, 2.24) is 4.31 Å². The quantitative estimate of drug-likeness (QED) is 0.837. The summed E-state index contributed by atoms with van der Waals surface area (Å²) in [6, 6.07) is 1.52. The van der Waals surface area contributed by atoms with Crippen LogP contribution in [-0.4, -0.2) is 36.9 Å². The van der Waals surface area contributed by atoms with Crippen LogP contribution in [0.2, 0.25) is 0 Å². The molecule has 1 aromatic heterocycles. The Bertz CT molecular complexity index is 438. The molecule has 0 aromatic carbocycles. The van der Waals surface area contributed by atoms with Crippen molar-refractivity contribution in [3.63, 3.8) is 0 Å². The number of carbonyl (C=O) groups is 1. The van der Waals surface area contributed by atoms with Gasteiger partial charge in [-0.3, -0.25) is 4.79 Å². The second-order valence-corrected chi connectivity index (χ2v) is 5.82. The Morgan fingerprint density at radius 1 is 1.56 bits per heavy atom. The molecule has 7 heteroatoms. The Kier molecular flexibility index (Phi) is 4.45. The standard InChI is InChI=1S/C9H13NO4S2/c1-2-10(5-3-9(11)12)16(13,14)8-4-6-15-7-8/h4,6-7H,2-3,5H2,1H3,(H,11,12). The van der Waals surface area contributed by atoms with Gasteiger partial charge in [-0.1, -0.05) is 6.92 Å². The first-order valence-corrected chi connectivity index (χ1v) is 7.11. The third kappa shape index (κ3) is 3.03. The molecule has 0 aliphatic heterocycles. The highest BCUT2D eigenvalue weighted by Crippen LogP contribution is 2.18. The topological polar surface area (TPSA) is 74.7 Å². The van der Waals surface area contributed by atoms with Crippen molar-refractivity contribution in [2.45, 2.75) is 18.2 Å². The fourth-order valence-electron chi connectivity index (χ4n) is 1.22. The van der Waals surface area contributed by atoms with Crippen LogP contribution in [0, 0.1) is 0 Å². The van der Waals surface area contributed by atoms with Crippen LogP contribution in [0.4, 0.5) is 0 Å². The number of sulfonamides is 1. The molecule has 1 aromatic rings. The zero-order valence-electron chi connectivity index (χ0n) is 8.79. The lowest BCUT2D eigenvalue weighted by atomic mass is 10.4. The molecule has 0 saturated heterocycles. The molecular weight excluding hydrogens is 250 g/mol. The number of aliphatic carboxylic acids is 1. The van der Waals surface area contributed by atoms with Gasteiger partial charge >= 0.3 is 5.97 Å². The monoisotopic (exact) mass is 263 g/mol. The highest BCUT2D eigenvalue weighted by atomic mass is 32.2. The van der Waals surface area contributed by atoms with Crippen molar-refractivity contribution >= 4 is 27.3 Å². The van der Waals surface area contributed by atoms with E-state index in [4.69, 9.17) is 5.11 Å². The minimum atomic E-state index is -3.52. The Hall–Kier alpha value is -0.920. The van der Waals surface area contributed by atoms with Gasteiger partial charge in [-0.05, 0) is 11.4 Å². The van der Waals surface area contributed by atoms with Crippen LogP contribution in [0.5, 0.6) is 0 Å². The van der Waals surface area contributed by atoms with E-state index in [1.807, 2.05) is 0 Å². The summed E-state index contributed by atoms with van der Waals surface area (Å²) in [5.74, 6) is -1.00. The van der Waals surface area contributed by atoms with Crippen LogP contribution < -0.4 is 0 Å². The fourth-order valence-corrected chi connectivity index (χ4v) is 3.68. The molecule has 0 amide bonds. The number of carboxylic acid groups (broad SMARTS) is 1. The minimum Gasteiger partial charge on any atom is -0.481 e. The molecular formula is C9H13NO4S2. The zero-order chi connectivity index (χ0) is 12.2. The summed E-state index contributed by atoms with van der Waals surface area (Å²) in [7, 11) is -3.52. The van der Waals surface area contributed by atoms with Gasteiger partial charge in [0.1, 0.15) is 0 Å². The van der Waals surface area contributed by atoms with Crippen LogP contribution in [0.15, 0.2) is 21.7 Å². The molecule has 0 aliphatic carbocycles. The van der Waals surface area contributed by atoms with Crippen LogP contribution in [0.25, 0.3) is 0 Å². The molecule has 0 radical (unpaired) electrons. The lowest BCUT2D eigenvalue weighted by Crippen LogP contribution is -2.32. The summed E-state index contributed by atoms with van der Waals surface area (Å²) >= 11 is 1.30. The molecule has 0 spiro atoms. The van der Waals surface area contributed by atoms with E-state index >= 15 is 0 Å². The molecule has 0 aliphatic rings. The van der Waals surface area contributed by atoms with E-state index in [0.717, 1.165) is 0 Å². The molecule has 0 saturated carbocycles. The van der Waals surface area contributed by atoms with Crippen LogP contribution in [0.3, 0.4) is 0 Å². The first-order chi connectivity index (χ1) is 7.48. The Morgan fingerprint density at radius 3 is 2.69 bits per heavy atom. The predicted octanol–water partition coefficient (Wildman–Crippen LogP) is 1.23. The predicted molar refractivity (Wildman–Crippen MR) is 61.0 cm³/mol. The normalized spacial score (nSPS) is 11.9. The van der Waals surface area contributed by atoms with Crippen molar-refractivity contribution in [3.8, 4) is 0 Å². The first kappa shape index (κ1) is 13.1. The molecule has 1 heterocycles. The van der Waals surface area contributed by atoms with Crippen LogP contribution >= 0.6 is 11.3 Å². The van der Waals surface area contributed by atoms with Gasteiger partial charge in [0.05, 0.1) is 11.3 Å². The van der Waals surface area contributed by atoms with Crippen molar-refractivity contribution in [2.75, 3.05) is 13.1 Å². The Morgan fingerprint density at radius 2 is 2.25 bits per heavy atom. The molecule has 0 unspecified atom stereocenters. The van der Waals surface area contributed by atoms with Gasteiger partial charge in [0.25, 0.3) is 0 Å². The highest BCUT2D eigenvalue weighted by Gasteiger charge is 2.23. The third-order valence-corrected chi connectivity index (χ3v) is 4.86. The van der Waals surface area contributed by atoms with Crippen LogP contribution in [0.1, 0.15) is 13.3 Å².